The second-order valence-electron chi connectivity index (χ2n) is 11.0. The number of aryl methyl sites for hydroxylation is 1. The van der Waals surface area contributed by atoms with Gasteiger partial charge < -0.3 is 19.9 Å². The SMILES string of the molecule is Cc1cn(-c2cc(NC(=O)c3cccc4cc(Oc5ccnc(NC(=O)C(C)(C)C)c5)ccc34)cc(C(F)(F)F)c2)cn1. The van der Waals surface area contributed by atoms with Gasteiger partial charge >= 0.3 is 6.18 Å². The van der Waals surface area contributed by atoms with Crippen LogP contribution in [0.2, 0.25) is 0 Å². The summed E-state index contributed by atoms with van der Waals surface area (Å²) in [6.07, 6.45) is -0.0887. The number of ether oxygens (including phenoxy) is 1. The van der Waals surface area contributed by atoms with Crippen LogP contribution in [0, 0.1) is 12.3 Å². The van der Waals surface area contributed by atoms with Crippen LogP contribution >= 0.6 is 0 Å². The van der Waals surface area contributed by atoms with E-state index in [1.54, 1.807) is 82.4 Å². The Balaban J connectivity index is 1.39. The highest BCUT2D eigenvalue weighted by atomic mass is 19.4. The summed E-state index contributed by atoms with van der Waals surface area (Å²) in [7, 11) is 0. The molecule has 5 rings (SSSR count). The highest BCUT2D eigenvalue weighted by molar-refractivity contribution is 6.13. The Kier molecular flexibility index (Phi) is 7.66. The van der Waals surface area contributed by atoms with E-state index in [1.165, 1.54) is 23.2 Å². The number of halogens is 3. The van der Waals surface area contributed by atoms with E-state index in [0.29, 0.717) is 33.8 Å². The Labute approximate surface area is 245 Å². The van der Waals surface area contributed by atoms with Crippen LogP contribution < -0.4 is 15.4 Å². The van der Waals surface area contributed by atoms with Crippen molar-refractivity contribution in [2.45, 2.75) is 33.9 Å². The van der Waals surface area contributed by atoms with E-state index in [9.17, 15) is 22.8 Å². The van der Waals surface area contributed by atoms with E-state index in [1.807, 2.05) is 0 Å². The lowest BCUT2D eigenvalue weighted by molar-refractivity contribution is -0.137. The summed E-state index contributed by atoms with van der Waals surface area (Å²) in [5, 5.41) is 6.64. The number of rotatable bonds is 6. The summed E-state index contributed by atoms with van der Waals surface area (Å²) < 4.78 is 48.5. The Morgan fingerprint density at radius 3 is 2.35 bits per heavy atom. The lowest BCUT2D eigenvalue weighted by atomic mass is 9.96. The number of nitrogens with one attached hydrogen (secondary N) is 2. The number of carbonyl (C=O) groups excluding carboxylic acids is 2. The number of anilines is 2. The van der Waals surface area contributed by atoms with Crippen LogP contribution in [0.5, 0.6) is 11.5 Å². The molecule has 3 aromatic carbocycles. The fourth-order valence-corrected chi connectivity index (χ4v) is 4.26. The summed E-state index contributed by atoms with van der Waals surface area (Å²) in [5.41, 5.74) is -0.378. The van der Waals surface area contributed by atoms with E-state index in [4.69, 9.17) is 4.74 Å². The second kappa shape index (κ2) is 11.2. The summed E-state index contributed by atoms with van der Waals surface area (Å²) in [6, 6.07) is 16.8. The Hall–Kier alpha value is -5.19. The maximum absolute atomic E-state index is 13.7. The highest BCUT2D eigenvalue weighted by Crippen LogP contribution is 2.34. The van der Waals surface area contributed by atoms with Crippen molar-refractivity contribution in [3.05, 3.63) is 102 Å². The third-order valence-electron chi connectivity index (χ3n) is 6.50. The monoisotopic (exact) mass is 587 g/mol. The molecule has 0 spiro atoms. The molecule has 0 unspecified atom stereocenters. The molecule has 0 aliphatic carbocycles. The molecule has 0 fully saturated rings. The van der Waals surface area contributed by atoms with Crippen molar-refractivity contribution in [3.63, 3.8) is 0 Å². The van der Waals surface area contributed by atoms with Crippen LogP contribution in [0.3, 0.4) is 0 Å². The van der Waals surface area contributed by atoms with Crippen molar-refractivity contribution in [1.29, 1.82) is 0 Å². The first-order valence-corrected chi connectivity index (χ1v) is 13.3. The topological polar surface area (TPSA) is 98.1 Å². The molecule has 43 heavy (non-hydrogen) atoms. The molecule has 220 valence electrons. The van der Waals surface area contributed by atoms with Gasteiger partial charge in [0, 0.05) is 40.8 Å². The molecule has 5 aromatic rings. The number of alkyl halides is 3. The molecule has 0 aliphatic heterocycles. The van der Waals surface area contributed by atoms with Crippen LogP contribution in [-0.4, -0.2) is 26.3 Å². The van der Waals surface area contributed by atoms with Crippen LogP contribution in [-0.2, 0) is 11.0 Å². The average Bonchev–Trinajstić information content (AvgIpc) is 3.38. The molecule has 2 aromatic heterocycles. The number of amides is 2. The van der Waals surface area contributed by atoms with E-state index in [0.717, 1.165) is 12.1 Å². The zero-order valence-corrected chi connectivity index (χ0v) is 23.8. The van der Waals surface area contributed by atoms with Crippen molar-refractivity contribution in [2.24, 2.45) is 5.41 Å². The number of carbonyl (C=O) groups is 2. The molecule has 2 N–H and O–H groups in total. The minimum absolute atomic E-state index is 0.00909. The van der Waals surface area contributed by atoms with Crippen LogP contribution in [0.1, 0.15) is 42.4 Å². The number of benzene rings is 3. The first-order chi connectivity index (χ1) is 20.3. The van der Waals surface area contributed by atoms with E-state index < -0.39 is 23.1 Å². The third kappa shape index (κ3) is 6.83. The van der Waals surface area contributed by atoms with Crippen molar-refractivity contribution in [1.82, 2.24) is 14.5 Å². The molecular weight excluding hydrogens is 559 g/mol. The molecule has 8 nitrogen and oxygen atoms in total. The number of hydrogen-bond acceptors (Lipinski definition) is 5. The fraction of sp³-hybridized carbons (Fsp3) is 0.188. The average molecular weight is 588 g/mol. The predicted molar refractivity (Wildman–Crippen MR) is 158 cm³/mol. The molecule has 0 atom stereocenters. The third-order valence-corrected chi connectivity index (χ3v) is 6.50. The van der Waals surface area contributed by atoms with Gasteiger partial charge in [-0.15, -0.1) is 0 Å². The van der Waals surface area contributed by atoms with Crippen molar-refractivity contribution < 1.29 is 27.5 Å². The van der Waals surface area contributed by atoms with Gasteiger partial charge in [0.15, 0.2) is 0 Å². The van der Waals surface area contributed by atoms with Gasteiger partial charge in [-0.05, 0) is 66.2 Å². The van der Waals surface area contributed by atoms with Crippen molar-refractivity contribution in [3.8, 4) is 17.2 Å². The molecule has 11 heteroatoms. The van der Waals surface area contributed by atoms with Crippen LogP contribution in [0.15, 0.2) is 85.5 Å². The first kappa shape index (κ1) is 29.3. The quantitative estimate of drug-likeness (QED) is 0.211. The van der Waals surface area contributed by atoms with Gasteiger partial charge in [0.1, 0.15) is 17.3 Å². The van der Waals surface area contributed by atoms with E-state index in [2.05, 4.69) is 20.6 Å². The second-order valence-corrected chi connectivity index (χ2v) is 11.0. The molecular formula is C32H28F3N5O3. The van der Waals surface area contributed by atoms with Gasteiger partial charge in [0.25, 0.3) is 5.91 Å². The minimum atomic E-state index is -4.62. The molecule has 0 radical (unpaired) electrons. The first-order valence-electron chi connectivity index (χ1n) is 13.3. The van der Waals surface area contributed by atoms with Gasteiger partial charge in [0.2, 0.25) is 5.91 Å². The number of hydrogen-bond donors (Lipinski definition) is 2. The maximum Gasteiger partial charge on any atom is 0.416 e. The van der Waals surface area contributed by atoms with E-state index >= 15 is 0 Å². The zero-order valence-electron chi connectivity index (χ0n) is 23.8. The van der Waals surface area contributed by atoms with Gasteiger partial charge in [-0.2, -0.15) is 13.2 Å². The highest BCUT2D eigenvalue weighted by Gasteiger charge is 2.31. The maximum atomic E-state index is 13.7. The normalized spacial score (nSPS) is 11.8. The molecule has 0 saturated carbocycles. The molecule has 2 heterocycles. The van der Waals surface area contributed by atoms with E-state index in [-0.39, 0.29) is 22.8 Å². The van der Waals surface area contributed by atoms with Crippen LogP contribution in [0.25, 0.3) is 16.5 Å². The standard InChI is InChI=1S/C32H28F3N5O3/c1-19-17-40(18-37-19)23-14-21(32(33,34)35)13-22(15-23)38-29(41)27-7-5-6-20-12-24(8-9-26(20)27)43-25-10-11-36-28(16-25)39-30(42)31(2,3)4/h5-18H,1-4H3,(H,38,41)(H,36,39,42). The number of imidazole rings is 1. The largest absolute Gasteiger partial charge is 0.457 e. The number of aromatic nitrogens is 3. The van der Waals surface area contributed by atoms with Gasteiger partial charge in [0.05, 0.1) is 17.6 Å². The Morgan fingerprint density at radius 1 is 0.884 bits per heavy atom. The molecule has 0 saturated heterocycles. The zero-order chi connectivity index (χ0) is 30.9. The number of pyridine rings is 1. The van der Waals surface area contributed by atoms with Crippen LogP contribution in [0.4, 0.5) is 24.7 Å². The molecule has 2 amide bonds. The lowest BCUT2D eigenvalue weighted by Gasteiger charge is -2.17. The Morgan fingerprint density at radius 2 is 1.65 bits per heavy atom. The van der Waals surface area contributed by atoms with Gasteiger partial charge in [-0.25, -0.2) is 9.97 Å². The fourth-order valence-electron chi connectivity index (χ4n) is 4.26. The predicted octanol–water partition coefficient (Wildman–Crippen LogP) is 7.78. The summed E-state index contributed by atoms with van der Waals surface area (Å²) in [6.45, 7) is 7.12. The number of fused-ring (bicyclic) bond motifs is 1. The summed E-state index contributed by atoms with van der Waals surface area (Å²) in [5.74, 6) is 0.507. The lowest BCUT2D eigenvalue weighted by Crippen LogP contribution is -2.27. The molecule has 0 aliphatic rings. The molecule has 0 bridgehead atoms. The van der Waals surface area contributed by atoms with Gasteiger partial charge in [-0.1, -0.05) is 32.9 Å². The summed E-state index contributed by atoms with van der Waals surface area (Å²) in [4.78, 5) is 33.9. The van der Waals surface area contributed by atoms with Crippen molar-refractivity contribution in [2.75, 3.05) is 10.6 Å². The number of nitrogens with zero attached hydrogens (tertiary/aromatic N) is 3. The van der Waals surface area contributed by atoms with Gasteiger partial charge in [-0.3, -0.25) is 9.59 Å². The minimum Gasteiger partial charge on any atom is -0.457 e. The van der Waals surface area contributed by atoms with Crippen molar-refractivity contribution >= 4 is 34.1 Å². The summed E-state index contributed by atoms with van der Waals surface area (Å²) >= 11 is 0. The Bertz CT molecular complexity index is 1840. The smallest absolute Gasteiger partial charge is 0.416 e.